The number of carboxylic acids is 1. The third-order valence-corrected chi connectivity index (χ3v) is 4.15. The van der Waals surface area contributed by atoms with Gasteiger partial charge in [-0.15, -0.1) is 11.3 Å². The fourth-order valence-corrected chi connectivity index (χ4v) is 2.98. The predicted octanol–water partition coefficient (Wildman–Crippen LogP) is 1.93. The summed E-state index contributed by atoms with van der Waals surface area (Å²) in [5.74, 6) is -1.12. The van der Waals surface area contributed by atoms with Crippen molar-refractivity contribution in [1.29, 1.82) is 0 Å². The number of thiazole rings is 1. The first-order chi connectivity index (χ1) is 9.61. The highest BCUT2D eigenvalue weighted by Crippen LogP contribution is 2.30. The van der Waals surface area contributed by atoms with Gasteiger partial charge in [-0.2, -0.15) is 0 Å². The molecule has 2 heterocycles. The fourth-order valence-electron chi connectivity index (χ4n) is 2.10. The van der Waals surface area contributed by atoms with Crippen LogP contribution >= 0.6 is 11.3 Å². The van der Waals surface area contributed by atoms with Crippen LogP contribution in [0.4, 0.5) is 0 Å². The Morgan fingerprint density at radius 1 is 1.60 bits per heavy atom. The van der Waals surface area contributed by atoms with Gasteiger partial charge in [0.25, 0.3) is 5.91 Å². The van der Waals surface area contributed by atoms with Crippen LogP contribution in [-0.2, 0) is 9.53 Å². The summed E-state index contributed by atoms with van der Waals surface area (Å²) < 4.78 is 5.54. The van der Waals surface area contributed by atoms with Crippen molar-refractivity contribution in [1.82, 2.24) is 9.88 Å². The van der Waals surface area contributed by atoms with Gasteiger partial charge in [-0.25, -0.2) is 4.98 Å². The molecular weight excluding hydrogens is 280 g/mol. The lowest BCUT2D eigenvalue weighted by atomic mass is 10.2. The number of ether oxygens (including phenoxy) is 1. The van der Waals surface area contributed by atoms with E-state index in [1.54, 1.807) is 5.38 Å². The second-order valence-electron chi connectivity index (χ2n) is 4.60. The average molecular weight is 298 g/mol. The van der Waals surface area contributed by atoms with Crippen molar-refractivity contribution in [2.24, 2.45) is 0 Å². The smallest absolute Gasteiger partial charge is 0.305 e. The van der Waals surface area contributed by atoms with E-state index in [1.165, 1.54) is 16.2 Å². The van der Waals surface area contributed by atoms with E-state index >= 15 is 0 Å². The third kappa shape index (κ3) is 3.55. The van der Waals surface area contributed by atoms with E-state index in [9.17, 15) is 9.59 Å². The molecule has 0 aromatic carbocycles. The van der Waals surface area contributed by atoms with Crippen LogP contribution < -0.4 is 0 Å². The highest BCUT2D eigenvalue weighted by molar-refractivity contribution is 7.09. The summed E-state index contributed by atoms with van der Waals surface area (Å²) in [6.07, 6.45) is 1.92. The van der Waals surface area contributed by atoms with E-state index in [0.29, 0.717) is 12.2 Å². The second-order valence-corrected chi connectivity index (χ2v) is 5.49. The van der Waals surface area contributed by atoms with Crippen LogP contribution in [0.15, 0.2) is 5.38 Å². The molecular formula is C13H18N2O4S. The van der Waals surface area contributed by atoms with Crippen LogP contribution in [0, 0.1) is 0 Å². The summed E-state index contributed by atoms with van der Waals surface area (Å²) in [6, 6.07) is 0. The Morgan fingerprint density at radius 2 is 2.40 bits per heavy atom. The standard InChI is InChI=1S/C13H18N2O4S/c1-2-15(6-5-11(16)17)13(18)9-8-20-12(14-9)10-4-3-7-19-10/h8,10H,2-7H2,1H3,(H,16,17). The molecule has 7 heteroatoms. The van der Waals surface area contributed by atoms with Gasteiger partial charge in [-0.1, -0.05) is 0 Å². The zero-order chi connectivity index (χ0) is 14.5. The summed E-state index contributed by atoms with van der Waals surface area (Å²) in [6.45, 7) is 3.25. The number of carboxylic acid groups (broad SMARTS) is 1. The van der Waals surface area contributed by atoms with Crippen LogP contribution in [0.2, 0.25) is 0 Å². The maximum absolute atomic E-state index is 12.3. The number of hydrogen-bond donors (Lipinski definition) is 1. The zero-order valence-electron chi connectivity index (χ0n) is 11.4. The molecule has 1 aromatic heterocycles. The Hall–Kier alpha value is -1.47. The molecule has 0 spiro atoms. The van der Waals surface area contributed by atoms with Crippen molar-refractivity contribution in [3.05, 3.63) is 16.1 Å². The van der Waals surface area contributed by atoms with Crippen molar-refractivity contribution in [2.75, 3.05) is 19.7 Å². The molecule has 1 amide bonds. The zero-order valence-corrected chi connectivity index (χ0v) is 12.2. The first-order valence-electron chi connectivity index (χ1n) is 6.70. The molecule has 1 saturated heterocycles. The van der Waals surface area contributed by atoms with Crippen molar-refractivity contribution >= 4 is 23.2 Å². The van der Waals surface area contributed by atoms with Crippen LogP contribution in [0.25, 0.3) is 0 Å². The lowest BCUT2D eigenvalue weighted by Crippen LogP contribution is -2.33. The average Bonchev–Trinajstić information content (AvgIpc) is 3.09. The van der Waals surface area contributed by atoms with Crippen molar-refractivity contribution in [2.45, 2.75) is 32.3 Å². The number of hydrogen-bond acceptors (Lipinski definition) is 5. The van der Waals surface area contributed by atoms with Crippen molar-refractivity contribution < 1.29 is 19.4 Å². The first-order valence-corrected chi connectivity index (χ1v) is 7.58. The minimum absolute atomic E-state index is 0.00986. The van der Waals surface area contributed by atoms with E-state index < -0.39 is 5.97 Å². The minimum Gasteiger partial charge on any atom is -0.481 e. The number of amides is 1. The van der Waals surface area contributed by atoms with Gasteiger partial charge < -0.3 is 14.7 Å². The molecule has 1 N–H and O–H groups in total. The highest BCUT2D eigenvalue weighted by atomic mass is 32.1. The second kappa shape index (κ2) is 6.81. The molecule has 1 unspecified atom stereocenters. The monoisotopic (exact) mass is 298 g/mol. The maximum atomic E-state index is 12.3. The number of aromatic nitrogens is 1. The predicted molar refractivity (Wildman–Crippen MR) is 73.9 cm³/mol. The van der Waals surface area contributed by atoms with Crippen LogP contribution in [-0.4, -0.2) is 46.6 Å². The van der Waals surface area contributed by atoms with Gasteiger partial charge in [0.1, 0.15) is 16.8 Å². The van der Waals surface area contributed by atoms with Crippen molar-refractivity contribution in [3.63, 3.8) is 0 Å². The van der Waals surface area contributed by atoms with E-state index in [-0.39, 0.29) is 25.0 Å². The van der Waals surface area contributed by atoms with Gasteiger partial charge in [-0.05, 0) is 19.8 Å². The highest BCUT2D eigenvalue weighted by Gasteiger charge is 2.24. The maximum Gasteiger partial charge on any atom is 0.305 e. The molecule has 0 aliphatic carbocycles. The van der Waals surface area contributed by atoms with Gasteiger partial charge in [0.15, 0.2) is 0 Å². The Bertz CT molecular complexity index is 482. The van der Waals surface area contributed by atoms with Crippen molar-refractivity contribution in [3.8, 4) is 0 Å². The largest absolute Gasteiger partial charge is 0.481 e. The Kier molecular flexibility index (Phi) is 5.08. The number of nitrogens with zero attached hydrogens (tertiary/aromatic N) is 2. The molecule has 0 saturated carbocycles. The van der Waals surface area contributed by atoms with E-state index in [2.05, 4.69) is 4.98 Å². The molecule has 1 aliphatic rings. The van der Waals surface area contributed by atoms with Gasteiger partial charge in [0.2, 0.25) is 0 Å². The summed E-state index contributed by atoms with van der Waals surface area (Å²) in [7, 11) is 0. The van der Waals surface area contributed by atoms with Gasteiger partial charge in [-0.3, -0.25) is 9.59 Å². The summed E-state index contributed by atoms with van der Waals surface area (Å²) in [5, 5.41) is 11.2. The molecule has 0 radical (unpaired) electrons. The van der Waals surface area contributed by atoms with Gasteiger partial charge >= 0.3 is 5.97 Å². The topological polar surface area (TPSA) is 79.7 Å². The van der Waals surface area contributed by atoms with Gasteiger partial charge in [0, 0.05) is 25.1 Å². The molecule has 1 aliphatic heterocycles. The quantitative estimate of drug-likeness (QED) is 0.868. The first kappa shape index (κ1) is 14.9. The Balaban J connectivity index is 2.01. The fraction of sp³-hybridized carbons (Fsp3) is 0.615. The summed E-state index contributed by atoms with van der Waals surface area (Å²) in [5.41, 5.74) is 0.382. The minimum atomic E-state index is -0.908. The van der Waals surface area contributed by atoms with Gasteiger partial charge in [0.05, 0.1) is 6.42 Å². The molecule has 2 rings (SSSR count). The molecule has 1 fully saturated rings. The summed E-state index contributed by atoms with van der Waals surface area (Å²) in [4.78, 5) is 28.7. The molecule has 20 heavy (non-hydrogen) atoms. The van der Waals surface area contributed by atoms with Crippen LogP contribution in [0.1, 0.15) is 47.8 Å². The molecule has 110 valence electrons. The number of aliphatic carboxylic acids is 1. The van der Waals surface area contributed by atoms with E-state index in [4.69, 9.17) is 9.84 Å². The van der Waals surface area contributed by atoms with Crippen LogP contribution in [0.5, 0.6) is 0 Å². The molecule has 1 atom stereocenters. The lowest BCUT2D eigenvalue weighted by Gasteiger charge is -2.18. The normalized spacial score (nSPS) is 18.1. The molecule has 0 bridgehead atoms. The Morgan fingerprint density at radius 3 is 3.00 bits per heavy atom. The number of rotatable bonds is 6. The SMILES string of the molecule is CCN(CCC(=O)O)C(=O)c1csc(C2CCCO2)n1. The lowest BCUT2D eigenvalue weighted by molar-refractivity contribution is -0.137. The molecule has 6 nitrogen and oxygen atoms in total. The van der Waals surface area contributed by atoms with E-state index in [1.807, 2.05) is 6.92 Å². The Labute approximate surface area is 121 Å². The number of carbonyl (C=O) groups excluding carboxylic acids is 1. The van der Waals surface area contributed by atoms with Crippen LogP contribution in [0.3, 0.4) is 0 Å². The number of carbonyl (C=O) groups is 2. The summed E-state index contributed by atoms with van der Waals surface area (Å²) >= 11 is 1.43. The third-order valence-electron chi connectivity index (χ3n) is 3.21. The van der Waals surface area contributed by atoms with E-state index in [0.717, 1.165) is 24.5 Å². The molecule has 1 aromatic rings.